The molecule has 0 spiro atoms. The SMILES string of the molecule is CCC(OC(=O)c1ccnc(Cl)c1)C(=O)Nc1ccc(C(=O)O)cc1. The van der Waals surface area contributed by atoms with E-state index in [9.17, 15) is 14.4 Å². The van der Waals surface area contributed by atoms with Gasteiger partial charge in [-0.15, -0.1) is 0 Å². The van der Waals surface area contributed by atoms with Gasteiger partial charge in [-0.1, -0.05) is 18.5 Å². The maximum Gasteiger partial charge on any atom is 0.339 e. The second-order valence-electron chi connectivity index (χ2n) is 5.04. The number of benzene rings is 1. The van der Waals surface area contributed by atoms with E-state index in [2.05, 4.69) is 10.3 Å². The summed E-state index contributed by atoms with van der Waals surface area (Å²) in [5, 5.41) is 11.6. The van der Waals surface area contributed by atoms with E-state index in [4.69, 9.17) is 21.4 Å². The van der Waals surface area contributed by atoms with E-state index in [0.29, 0.717) is 5.69 Å². The molecule has 1 unspecified atom stereocenters. The number of carbonyl (C=O) groups is 3. The van der Waals surface area contributed by atoms with Crippen LogP contribution in [0.15, 0.2) is 42.6 Å². The van der Waals surface area contributed by atoms with Crippen molar-refractivity contribution in [1.29, 1.82) is 0 Å². The molecular weight excluding hydrogens is 348 g/mol. The van der Waals surface area contributed by atoms with Gasteiger partial charge in [0.15, 0.2) is 6.10 Å². The van der Waals surface area contributed by atoms with Crippen LogP contribution in [-0.4, -0.2) is 34.0 Å². The molecule has 0 saturated heterocycles. The average molecular weight is 363 g/mol. The average Bonchev–Trinajstić information content (AvgIpc) is 2.59. The smallest absolute Gasteiger partial charge is 0.339 e. The predicted octanol–water partition coefficient (Wildman–Crippen LogP) is 3.01. The summed E-state index contributed by atoms with van der Waals surface area (Å²) in [5.74, 6) is -2.26. The number of hydrogen-bond donors (Lipinski definition) is 2. The topological polar surface area (TPSA) is 106 Å². The largest absolute Gasteiger partial charge is 0.478 e. The number of rotatable bonds is 6. The first-order valence-corrected chi connectivity index (χ1v) is 7.75. The number of halogens is 1. The van der Waals surface area contributed by atoms with Gasteiger partial charge in [0.25, 0.3) is 5.91 Å². The van der Waals surface area contributed by atoms with Gasteiger partial charge >= 0.3 is 11.9 Å². The number of carboxylic acids is 1. The molecule has 0 aliphatic heterocycles. The summed E-state index contributed by atoms with van der Waals surface area (Å²) < 4.78 is 5.21. The molecule has 1 atom stereocenters. The Morgan fingerprint density at radius 3 is 2.44 bits per heavy atom. The molecule has 7 nitrogen and oxygen atoms in total. The molecule has 1 heterocycles. The van der Waals surface area contributed by atoms with Gasteiger partial charge in [-0.2, -0.15) is 0 Å². The van der Waals surface area contributed by atoms with Gasteiger partial charge < -0.3 is 15.2 Å². The van der Waals surface area contributed by atoms with Gasteiger partial charge in [0.05, 0.1) is 11.1 Å². The van der Waals surface area contributed by atoms with Crippen molar-refractivity contribution >= 4 is 35.1 Å². The Morgan fingerprint density at radius 2 is 1.88 bits per heavy atom. The van der Waals surface area contributed by atoms with Gasteiger partial charge in [-0.3, -0.25) is 4.79 Å². The van der Waals surface area contributed by atoms with E-state index in [1.54, 1.807) is 6.92 Å². The molecule has 0 aliphatic rings. The van der Waals surface area contributed by atoms with E-state index >= 15 is 0 Å². The zero-order chi connectivity index (χ0) is 18.4. The number of amides is 1. The molecule has 2 N–H and O–H groups in total. The first-order chi connectivity index (χ1) is 11.9. The number of nitrogens with one attached hydrogen (secondary N) is 1. The molecule has 0 saturated carbocycles. The Hall–Kier alpha value is -2.93. The number of carboxylic acid groups (broad SMARTS) is 1. The van der Waals surface area contributed by atoms with Crippen molar-refractivity contribution in [2.24, 2.45) is 0 Å². The summed E-state index contributed by atoms with van der Waals surface area (Å²) in [4.78, 5) is 38.9. The van der Waals surface area contributed by atoms with Crippen molar-refractivity contribution in [3.8, 4) is 0 Å². The molecular formula is C17H15ClN2O5. The molecule has 8 heteroatoms. The summed E-state index contributed by atoms with van der Waals surface area (Å²) in [5.41, 5.74) is 0.694. The second-order valence-corrected chi connectivity index (χ2v) is 5.43. The van der Waals surface area contributed by atoms with Gasteiger partial charge in [-0.05, 0) is 42.8 Å². The molecule has 2 aromatic rings. The third kappa shape index (κ3) is 5.02. The third-order valence-corrected chi connectivity index (χ3v) is 3.48. The lowest BCUT2D eigenvalue weighted by atomic mass is 10.2. The zero-order valence-electron chi connectivity index (χ0n) is 13.2. The third-order valence-electron chi connectivity index (χ3n) is 3.27. The summed E-state index contributed by atoms with van der Waals surface area (Å²) in [6.07, 6.45) is 0.631. The van der Waals surface area contributed by atoms with E-state index in [0.717, 1.165) is 0 Å². The number of esters is 1. The minimum atomic E-state index is -1.06. The number of aromatic nitrogens is 1. The van der Waals surface area contributed by atoms with Crippen molar-refractivity contribution in [3.05, 3.63) is 58.9 Å². The Balaban J connectivity index is 2.02. The number of carbonyl (C=O) groups excluding carboxylic acids is 2. The van der Waals surface area contributed by atoms with Crippen LogP contribution in [-0.2, 0) is 9.53 Å². The minimum Gasteiger partial charge on any atom is -0.478 e. The van der Waals surface area contributed by atoms with Crippen LogP contribution in [0.3, 0.4) is 0 Å². The fourth-order valence-corrected chi connectivity index (χ4v) is 2.14. The van der Waals surface area contributed by atoms with Crippen LogP contribution < -0.4 is 5.32 Å². The minimum absolute atomic E-state index is 0.103. The maximum atomic E-state index is 12.3. The first-order valence-electron chi connectivity index (χ1n) is 7.37. The van der Waals surface area contributed by atoms with Crippen LogP contribution in [0.25, 0.3) is 0 Å². The van der Waals surface area contributed by atoms with Crippen molar-refractivity contribution in [2.75, 3.05) is 5.32 Å². The lowest BCUT2D eigenvalue weighted by Crippen LogP contribution is -2.32. The lowest BCUT2D eigenvalue weighted by molar-refractivity contribution is -0.124. The van der Waals surface area contributed by atoms with Crippen LogP contribution in [0.5, 0.6) is 0 Å². The molecule has 0 radical (unpaired) electrons. The van der Waals surface area contributed by atoms with E-state index in [-0.39, 0.29) is 22.7 Å². The van der Waals surface area contributed by atoms with Crippen molar-refractivity contribution in [1.82, 2.24) is 4.98 Å². The standard InChI is InChI=1S/C17H15ClN2O5/c1-2-13(25-17(24)11-7-8-19-14(18)9-11)15(21)20-12-5-3-10(4-6-12)16(22)23/h3-9,13H,2H2,1H3,(H,20,21)(H,22,23). The second kappa shape index (κ2) is 8.25. The van der Waals surface area contributed by atoms with Crippen LogP contribution in [0.2, 0.25) is 5.15 Å². The van der Waals surface area contributed by atoms with Crippen LogP contribution in [0, 0.1) is 0 Å². The highest BCUT2D eigenvalue weighted by Gasteiger charge is 2.22. The van der Waals surface area contributed by atoms with Gasteiger partial charge in [0.2, 0.25) is 0 Å². The van der Waals surface area contributed by atoms with E-state index in [1.807, 2.05) is 0 Å². The number of anilines is 1. The molecule has 1 aromatic carbocycles. The Bertz CT molecular complexity index is 792. The lowest BCUT2D eigenvalue weighted by Gasteiger charge is -2.16. The molecule has 25 heavy (non-hydrogen) atoms. The number of hydrogen-bond acceptors (Lipinski definition) is 5. The normalized spacial score (nSPS) is 11.4. The quantitative estimate of drug-likeness (QED) is 0.604. The van der Waals surface area contributed by atoms with Gasteiger partial charge in [0, 0.05) is 11.9 Å². The number of ether oxygens (including phenoxy) is 1. The van der Waals surface area contributed by atoms with Gasteiger partial charge in [-0.25, -0.2) is 14.6 Å². The predicted molar refractivity (Wildman–Crippen MR) is 90.8 cm³/mol. The summed E-state index contributed by atoms with van der Waals surface area (Å²) in [6, 6.07) is 8.42. The van der Waals surface area contributed by atoms with Crippen LogP contribution >= 0.6 is 11.6 Å². The fourth-order valence-electron chi connectivity index (χ4n) is 1.97. The fraction of sp³-hybridized carbons (Fsp3) is 0.176. The molecule has 0 aliphatic carbocycles. The molecule has 0 fully saturated rings. The van der Waals surface area contributed by atoms with Crippen LogP contribution in [0.1, 0.15) is 34.1 Å². The van der Waals surface area contributed by atoms with Crippen LogP contribution in [0.4, 0.5) is 5.69 Å². The Kier molecular flexibility index (Phi) is 6.08. The van der Waals surface area contributed by atoms with Crippen molar-refractivity contribution < 1.29 is 24.2 Å². The first kappa shape index (κ1) is 18.4. The van der Waals surface area contributed by atoms with Crippen molar-refractivity contribution in [3.63, 3.8) is 0 Å². The maximum absolute atomic E-state index is 12.3. The van der Waals surface area contributed by atoms with E-state index in [1.165, 1.54) is 42.6 Å². The molecule has 1 amide bonds. The number of aromatic carboxylic acids is 1. The summed E-state index contributed by atoms with van der Waals surface area (Å²) in [6.45, 7) is 1.70. The zero-order valence-corrected chi connectivity index (χ0v) is 14.0. The highest BCUT2D eigenvalue weighted by molar-refractivity contribution is 6.29. The summed E-state index contributed by atoms with van der Waals surface area (Å²) >= 11 is 5.72. The van der Waals surface area contributed by atoms with Crippen molar-refractivity contribution in [2.45, 2.75) is 19.4 Å². The number of pyridine rings is 1. The molecule has 1 aromatic heterocycles. The molecule has 130 valence electrons. The highest BCUT2D eigenvalue weighted by atomic mass is 35.5. The highest BCUT2D eigenvalue weighted by Crippen LogP contribution is 2.14. The molecule has 2 rings (SSSR count). The Morgan fingerprint density at radius 1 is 1.20 bits per heavy atom. The van der Waals surface area contributed by atoms with E-state index < -0.39 is 23.9 Å². The van der Waals surface area contributed by atoms with Gasteiger partial charge in [0.1, 0.15) is 5.15 Å². The molecule has 0 bridgehead atoms. The Labute approximate surface area is 148 Å². The number of nitrogens with zero attached hydrogens (tertiary/aromatic N) is 1. The summed E-state index contributed by atoms with van der Waals surface area (Å²) in [7, 11) is 0. The monoisotopic (exact) mass is 362 g/mol.